The summed E-state index contributed by atoms with van der Waals surface area (Å²) in [4.78, 5) is 25.7. The van der Waals surface area contributed by atoms with Crippen molar-refractivity contribution in [2.24, 2.45) is 5.92 Å². The molecule has 1 amide bonds. The first-order valence-electron chi connectivity index (χ1n) is 10.7. The molecule has 3 aromatic carbocycles. The van der Waals surface area contributed by atoms with Gasteiger partial charge in [0.25, 0.3) is 0 Å². The summed E-state index contributed by atoms with van der Waals surface area (Å²) in [5, 5.41) is 13.5. The van der Waals surface area contributed by atoms with Gasteiger partial charge in [-0.1, -0.05) is 91.0 Å². The first-order valence-corrected chi connectivity index (χ1v) is 10.7. The fourth-order valence-corrected chi connectivity index (χ4v) is 3.74. The van der Waals surface area contributed by atoms with Crippen molar-refractivity contribution >= 4 is 11.9 Å². The quantitative estimate of drug-likeness (QED) is 0.483. The summed E-state index contributed by atoms with van der Waals surface area (Å²) in [6.07, 6.45) is 0.153. The molecular formula is C27H29NO4. The highest BCUT2D eigenvalue weighted by Gasteiger charge is 2.32. The zero-order chi connectivity index (χ0) is 22.8. The number of esters is 1. The minimum absolute atomic E-state index is 0.225. The van der Waals surface area contributed by atoms with Gasteiger partial charge in [0.2, 0.25) is 5.91 Å². The number of rotatable bonds is 10. The van der Waals surface area contributed by atoms with E-state index in [-0.39, 0.29) is 12.3 Å². The van der Waals surface area contributed by atoms with Crippen LogP contribution in [0.15, 0.2) is 91.0 Å². The number of hydrogen-bond acceptors (Lipinski definition) is 4. The van der Waals surface area contributed by atoms with Gasteiger partial charge in [-0.2, -0.15) is 0 Å². The maximum Gasteiger partial charge on any atom is 0.331 e. The molecule has 0 fully saturated rings. The van der Waals surface area contributed by atoms with Gasteiger partial charge in [-0.25, -0.2) is 4.79 Å². The second-order valence-electron chi connectivity index (χ2n) is 7.84. The van der Waals surface area contributed by atoms with Gasteiger partial charge in [0, 0.05) is 12.3 Å². The largest absolute Gasteiger partial charge is 0.467 e. The minimum Gasteiger partial charge on any atom is -0.467 e. The molecule has 0 saturated carbocycles. The molecule has 5 heteroatoms. The number of aliphatic hydroxyl groups is 1. The Morgan fingerprint density at radius 3 is 1.56 bits per heavy atom. The Morgan fingerprint density at radius 2 is 1.16 bits per heavy atom. The number of hydrogen-bond donors (Lipinski definition) is 2. The van der Waals surface area contributed by atoms with E-state index >= 15 is 0 Å². The molecule has 0 aliphatic rings. The summed E-state index contributed by atoms with van der Waals surface area (Å²) in [7, 11) is 1.25. The number of amides is 1. The summed E-state index contributed by atoms with van der Waals surface area (Å²) >= 11 is 0. The van der Waals surface area contributed by atoms with Gasteiger partial charge >= 0.3 is 5.97 Å². The molecule has 0 unspecified atom stereocenters. The fraction of sp³-hybridized carbons (Fsp3) is 0.259. The van der Waals surface area contributed by atoms with Crippen molar-refractivity contribution < 1.29 is 19.4 Å². The van der Waals surface area contributed by atoms with Gasteiger partial charge in [-0.15, -0.1) is 0 Å². The topological polar surface area (TPSA) is 75.6 Å². The molecule has 0 aliphatic heterocycles. The van der Waals surface area contributed by atoms with Crippen LogP contribution in [0, 0.1) is 5.92 Å². The SMILES string of the molecule is COC(=O)[C@H](NC(=O)C(Cc1ccccc1)Cc1ccccc1)[C@@H](O)Cc1ccccc1. The monoisotopic (exact) mass is 431 g/mol. The molecule has 32 heavy (non-hydrogen) atoms. The van der Waals surface area contributed by atoms with Crippen molar-refractivity contribution in [3.05, 3.63) is 108 Å². The zero-order valence-corrected chi connectivity index (χ0v) is 18.2. The van der Waals surface area contributed by atoms with E-state index in [1.165, 1.54) is 7.11 Å². The molecule has 3 aromatic rings. The molecule has 2 N–H and O–H groups in total. The number of carbonyl (C=O) groups is 2. The van der Waals surface area contributed by atoms with E-state index in [0.717, 1.165) is 16.7 Å². The Bertz CT molecular complexity index is 935. The third-order valence-electron chi connectivity index (χ3n) is 5.45. The average Bonchev–Trinajstić information content (AvgIpc) is 2.83. The Labute approximate surface area is 189 Å². The van der Waals surface area contributed by atoms with Crippen LogP contribution in [0.1, 0.15) is 16.7 Å². The second kappa shape index (κ2) is 11.8. The van der Waals surface area contributed by atoms with E-state index in [1.54, 1.807) is 0 Å². The predicted octanol–water partition coefficient (Wildman–Crippen LogP) is 3.35. The lowest BCUT2D eigenvalue weighted by molar-refractivity contribution is -0.149. The first-order chi connectivity index (χ1) is 15.6. The third kappa shape index (κ3) is 6.79. The van der Waals surface area contributed by atoms with Crippen LogP contribution < -0.4 is 5.32 Å². The molecule has 3 rings (SSSR count). The van der Waals surface area contributed by atoms with Gasteiger partial charge in [0.05, 0.1) is 13.2 Å². The molecule has 166 valence electrons. The Morgan fingerprint density at radius 1 is 0.750 bits per heavy atom. The third-order valence-corrected chi connectivity index (χ3v) is 5.45. The number of benzene rings is 3. The van der Waals surface area contributed by atoms with Gasteiger partial charge in [-0.3, -0.25) is 4.79 Å². The number of methoxy groups -OCH3 is 1. The molecule has 0 bridgehead atoms. The zero-order valence-electron chi connectivity index (χ0n) is 18.2. The highest BCUT2D eigenvalue weighted by Crippen LogP contribution is 2.17. The smallest absolute Gasteiger partial charge is 0.331 e. The molecular weight excluding hydrogens is 402 g/mol. The number of nitrogens with one attached hydrogen (secondary N) is 1. The van der Waals surface area contributed by atoms with E-state index in [4.69, 9.17) is 4.74 Å². The molecule has 0 radical (unpaired) electrons. The van der Waals surface area contributed by atoms with Crippen LogP contribution >= 0.6 is 0 Å². The van der Waals surface area contributed by atoms with Gasteiger partial charge < -0.3 is 15.2 Å². The van der Waals surface area contributed by atoms with Crippen LogP contribution in [0.4, 0.5) is 0 Å². The molecule has 0 aromatic heterocycles. The van der Waals surface area contributed by atoms with Crippen LogP contribution in [-0.4, -0.2) is 36.2 Å². The summed E-state index contributed by atoms with van der Waals surface area (Å²) in [6.45, 7) is 0. The van der Waals surface area contributed by atoms with E-state index in [0.29, 0.717) is 12.8 Å². The van der Waals surface area contributed by atoms with Crippen LogP contribution in [-0.2, 0) is 33.6 Å². The lowest BCUT2D eigenvalue weighted by Crippen LogP contribution is -2.52. The van der Waals surface area contributed by atoms with E-state index in [9.17, 15) is 14.7 Å². The van der Waals surface area contributed by atoms with Crippen molar-refractivity contribution in [1.82, 2.24) is 5.32 Å². The van der Waals surface area contributed by atoms with Crippen LogP contribution in [0.3, 0.4) is 0 Å². The molecule has 2 atom stereocenters. The van der Waals surface area contributed by atoms with Crippen molar-refractivity contribution in [2.45, 2.75) is 31.4 Å². The maximum absolute atomic E-state index is 13.3. The molecule has 5 nitrogen and oxygen atoms in total. The lowest BCUT2D eigenvalue weighted by atomic mass is 9.91. The van der Waals surface area contributed by atoms with Crippen LogP contribution in [0.5, 0.6) is 0 Å². The highest BCUT2D eigenvalue weighted by atomic mass is 16.5. The lowest BCUT2D eigenvalue weighted by Gasteiger charge is -2.25. The Kier molecular flexibility index (Phi) is 8.58. The summed E-state index contributed by atoms with van der Waals surface area (Å²) in [5.41, 5.74) is 2.93. The highest BCUT2D eigenvalue weighted by molar-refractivity contribution is 5.86. The van der Waals surface area contributed by atoms with Crippen LogP contribution in [0.2, 0.25) is 0 Å². The summed E-state index contributed by atoms with van der Waals surface area (Å²) < 4.78 is 4.87. The second-order valence-corrected chi connectivity index (χ2v) is 7.84. The van der Waals surface area contributed by atoms with E-state index in [2.05, 4.69) is 5.32 Å². The number of carbonyl (C=O) groups excluding carboxylic acids is 2. The van der Waals surface area contributed by atoms with Gasteiger partial charge in [-0.05, 0) is 29.5 Å². The minimum atomic E-state index is -1.15. The molecule has 0 saturated heterocycles. The van der Waals surface area contributed by atoms with Crippen molar-refractivity contribution in [3.63, 3.8) is 0 Å². The number of ether oxygens (including phenoxy) is 1. The van der Waals surface area contributed by atoms with Gasteiger partial charge in [0.15, 0.2) is 6.04 Å². The van der Waals surface area contributed by atoms with Gasteiger partial charge in [0.1, 0.15) is 0 Å². The van der Waals surface area contributed by atoms with Crippen molar-refractivity contribution in [3.8, 4) is 0 Å². The standard InChI is InChI=1S/C27H29NO4/c1-32-27(31)25(24(29)19-22-15-9-4-10-16-22)28-26(30)23(17-20-11-5-2-6-12-20)18-21-13-7-3-8-14-21/h2-16,23-25,29H,17-19H2,1H3,(H,28,30)/t24-,25+/m0/s1. The van der Waals surface area contributed by atoms with E-state index in [1.807, 2.05) is 91.0 Å². The summed E-state index contributed by atoms with van der Waals surface area (Å²) in [6, 6.07) is 27.7. The maximum atomic E-state index is 13.3. The van der Waals surface area contributed by atoms with Crippen molar-refractivity contribution in [2.75, 3.05) is 7.11 Å². The Hall–Kier alpha value is -3.44. The van der Waals surface area contributed by atoms with Crippen LogP contribution in [0.25, 0.3) is 0 Å². The molecule has 0 heterocycles. The normalized spacial score (nSPS) is 12.7. The molecule has 0 aliphatic carbocycles. The summed E-state index contributed by atoms with van der Waals surface area (Å²) in [5.74, 6) is -1.36. The predicted molar refractivity (Wildman–Crippen MR) is 124 cm³/mol. The number of aliphatic hydroxyl groups excluding tert-OH is 1. The molecule has 0 spiro atoms. The average molecular weight is 432 g/mol. The van der Waals surface area contributed by atoms with Crippen molar-refractivity contribution in [1.29, 1.82) is 0 Å². The first kappa shape index (κ1) is 23.2. The Balaban J connectivity index is 1.77. The fourth-order valence-electron chi connectivity index (χ4n) is 3.74. The van der Waals surface area contributed by atoms with E-state index < -0.39 is 24.0 Å².